The monoisotopic (exact) mass is 574 g/mol. The fraction of sp³-hybridized carbons (Fsp3) is 0.414. The van der Waals surface area contributed by atoms with Crippen LogP contribution in [-0.2, 0) is 25.1 Å². The predicted octanol–water partition coefficient (Wildman–Crippen LogP) is 4.01. The van der Waals surface area contributed by atoms with Crippen molar-refractivity contribution in [2.75, 3.05) is 39.5 Å². The number of aliphatic carboxylic acids is 2. The predicted molar refractivity (Wildman–Crippen MR) is 153 cm³/mol. The van der Waals surface area contributed by atoms with Gasteiger partial charge in [0.1, 0.15) is 16.7 Å². The van der Waals surface area contributed by atoms with Gasteiger partial charge < -0.3 is 24.6 Å². The normalized spacial score (nSPS) is 14.4. The van der Waals surface area contributed by atoms with Gasteiger partial charge in [0.15, 0.2) is 12.3 Å². The van der Waals surface area contributed by atoms with E-state index in [0.717, 1.165) is 35.5 Å². The second-order valence-electron chi connectivity index (χ2n) is 11.2. The molecule has 3 rings (SSSR count). The highest BCUT2D eigenvalue weighted by Gasteiger charge is 2.44. The van der Waals surface area contributed by atoms with Gasteiger partial charge in [0.05, 0.1) is 31.5 Å². The molecule has 3 N–H and O–H groups in total. The van der Waals surface area contributed by atoms with Gasteiger partial charge in [-0.05, 0) is 51.0 Å². The number of hydrogen-bond acceptors (Lipinski definition) is 6. The minimum atomic E-state index is -4.56. The van der Waals surface area contributed by atoms with E-state index < -0.39 is 27.5 Å². The molecule has 1 aliphatic heterocycles. The van der Waals surface area contributed by atoms with E-state index in [-0.39, 0.29) is 17.9 Å². The molecule has 0 saturated carbocycles. The van der Waals surface area contributed by atoms with Gasteiger partial charge in [0, 0.05) is 42.4 Å². The van der Waals surface area contributed by atoms with Gasteiger partial charge in [-0.15, -0.1) is 0 Å². The van der Waals surface area contributed by atoms with Crippen LogP contribution in [0, 0.1) is 0 Å². The second kappa shape index (κ2) is 13.7. The number of nitrogens with one attached hydrogen (secondary N) is 1. The zero-order valence-electron chi connectivity index (χ0n) is 23.8. The number of fused-ring (bicyclic) bond motifs is 1. The number of allylic oxidation sites excluding steroid dienone is 1. The maximum atomic E-state index is 11.6. The standard InChI is InChI=1S/C24H28N2O5S.C5H11NO2/c1-24(2)20-17-19(32(29,30)31)12-13-21(20)26(16-8-4-7-11-23(27)28)22(24)14-15-25-18-9-5-3-6-10-18;1-6(2,3)4-5(7)8/h3,5-6,9-10,12-15,17H,4,7-8,11,16H2,1-2H3,(H2,27,28,29,30,31);4H2,1-3H3/p+1. The SMILES string of the molecule is CC1(C)C(/C=C/Nc2ccccc2)=[N+](CCCCCC(=O)O)c2ccc(S(=O)(=O)[O-])cc21.C[N+](C)(C)CC(=O)O. The summed E-state index contributed by atoms with van der Waals surface area (Å²) in [7, 11) is 0.965. The number of unbranched alkanes of at least 4 members (excludes halogenated alkanes) is 2. The van der Waals surface area contributed by atoms with Crippen LogP contribution < -0.4 is 5.32 Å². The summed E-state index contributed by atoms with van der Waals surface area (Å²) in [5.41, 5.74) is 3.03. The molecule has 2 aromatic carbocycles. The Morgan fingerprint density at radius 2 is 1.65 bits per heavy atom. The van der Waals surface area contributed by atoms with E-state index in [1.165, 1.54) is 12.1 Å². The number of benzene rings is 2. The summed E-state index contributed by atoms with van der Waals surface area (Å²) >= 11 is 0. The smallest absolute Gasteiger partial charge is 0.359 e. The van der Waals surface area contributed by atoms with E-state index in [9.17, 15) is 22.6 Å². The maximum Gasteiger partial charge on any atom is 0.359 e. The number of anilines is 1. The highest BCUT2D eigenvalue weighted by Crippen LogP contribution is 2.41. The number of para-hydroxylation sites is 1. The van der Waals surface area contributed by atoms with Crippen LogP contribution in [0.15, 0.2) is 65.7 Å². The molecule has 1 heterocycles. The average Bonchev–Trinajstić information content (AvgIpc) is 3.03. The van der Waals surface area contributed by atoms with Gasteiger partial charge in [-0.25, -0.2) is 13.2 Å². The van der Waals surface area contributed by atoms with Crippen molar-refractivity contribution in [1.82, 2.24) is 0 Å². The van der Waals surface area contributed by atoms with Gasteiger partial charge in [-0.3, -0.25) is 4.79 Å². The molecule has 0 aromatic heterocycles. The van der Waals surface area contributed by atoms with Gasteiger partial charge in [0.2, 0.25) is 5.69 Å². The van der Waals surface area contributed by atoms with Crippen molar-refractivity contribution in [2.24, 2.45) is 0 Å². The molecule has 0 bridgehead atoms. The molecule has 0 radical (unpaired) electrons. The summed E-state index contributed by atoms with van der Waals surface area (Å²) in [5.74, 6) is -1.55. The lowest BCUT2D eigenvalue weighted by Gasteiger charge is -2.20. The number of carboxylic acid groups (broad SMARTS) is 2. The van der Waals surface area contributed by atoms with E-state index >= 15 is 0 Å². The van der Waals surface area contributed by atoms with Crippen LogP contribution in [0.5, 0.6) is 0 Å². The first kappa shape index (κ1) is 32.7. The van der Waals surface area contributed by atoms with Crippen molar-refractivity contribution < 1.29 is 41.8 Å². The third-order valence-electron chi connectivity index (χ3n) is 6.30. The first-order valence-corrected chi connectivity index (χ1v) is 14.4. The van der Waals surface area contributed by atoms with Crippen molar-refractivity contribution in [3.63, 3.8) is 0 Å². The van der Waals surface area contributed by atoms with E-state index in [2.05, 4.69) is 9.89 Å². The lowest BCUT2D eigenvalue weighted by atomic mass is 9.81. The number of rotatable bonds is 12. The molecule has 0 spiro atoms. The van der Waals surface area contributed by atoms with Crippen molar-refractivity contribution in [1.29, 1.82) is 0 Å². The third kappa shape index (κ3) is 9.89. The fourth-order valence-electron chi connectivity index (χ4n) is 4.43. The molecule has 40 heavy (non-hydrogen) atoms. The van der Waals surface area contributed by atoms with Crippen LogP contribution in [0.3, 0.4) is 0 Å². The highest BCUT2D eigenvalue weighted by molar-refractivity contribution is 7.85. The Morgan fingerprint density at radius 1 is 1.00 bits per heavy atom. The van der Waals surface area contributed by atoms with Crippen LogP contribution in [0.4, 0.5) is 11.4 Å². The van der Waals surface area contributed by atoms with Crippen molar-refractivity contribution in [2.45, 2.75) is 49.8 Å². The van der Waals surface area contributed by atoms with Gasteiger partial charge >= 0.3 is 11.9 Å². The van der Waals surface area contributed by atoms with Crippen molar-refractivity contribution in [3.8, 4) is 0 Å². The molecule has 10 nitrogen and oxygen atoms in total. The number of quaternary nitrogens is 1. The molecule has 0 aliphatic carbocycles. The molecule has 0 unspecified atom stereocenters. The number of nitrogens with zero attached hydrogens (tertiary/aromatic N) is 2. The molecule has 0 saturated heterocycles. The summed E-state index contributed by atoms with van der Waals surface area (Å²) in [6.45, 7) is 4.84. The van der Waals surface area contributed by atoms with Crippen LogP contribution in [0.1, 0.15) is 45.1 Å². The third-order valence-corrected chi connectivity index (χ3v) is 7.13. The minimum Gasteiger partial charge on any atom is -0.744 e. The lowest BCUT2D eigenvalue weighted by molar-refractivity contribution is -0.862. The van der Waals surface area contributed by atoms with Crippen LogP contribution >= 0.6 is 0 Å². The Labute approximate surface area is 236 Å². The summed E-state index contributed by atoms with van der Waals surface area (Å²) < 4.78 is 37.4. The molecule has 2 aromatic rings. The Balaban J connectivity index is 0.000000611. The molecule has 0 atom stereocenters. The number of hydrogen-bond donors (Lipinski definition) is 3. The summed E-state index contributed by atoms with van der Waals surface area (Å²) in [6, 6.07) is 14.2. The van der Waals surface area contributed by atoms with Gasteiger partial charge in [-0.1, -0.05) is 18.2 Å². The van der Waals surface area contributed by atoms with E-state index in [4.69, 9.17) is 10.2 Å². The molecule has 0 amide bonds. The van der Waals surface area contributed by atoms with Gasteiger partial charge in [0.25, 0.3) is 0 Å². The van der Waals surface area contributed by atoms with Crippen LogP contribution in [-0.4, -0.2) is 84.1 Å². The molecule has 11 heteroatoms. The molecule has 218 valence electrons. The first-order chi connectivity index (χ1) is 18.5. The second-order valence-corrected chi connectivity index (χ2v) is 12.6. The Bertz CT molecular complexity index is 1360. The average molecular weight is 575 g/mol. The molecular formula is C29H40N3O7S+. The van der Waals surface area contributed by atoms with Gasteiger partial charge in [-0.2, -0.15) is 4.58 Å². The minimum absolute atomic E-state index is 0.143. The highest BCUT2D eigenvalue weighted by atomic mass is 32.2. The molecule has 0 fully saturated rings. The van der Waals surface area contributed by atoms with Crippen LogP contribution in [0.2, 0.25) is 0 Å². The largest absolute Gasteiger partial charge is 0.744 e. The Kier molecular flexibility index (Phi) is 11.2. The number of likely N-dealkylation sites (N-methyl/N-ethyl adjacent to an activating group) is 1. The molecule has 1 aliphatic rings. The van der Waals surface area contributed by atoms with Crippen LogP contribution in [0.25, 0.3) is 0 Å². The quantitative estimate of drug-likeness (QED) is 0.149. The number of carbonyl (C=O) groups is 2. The Morgan fingerprint density at radius 3 is 2.17 bits per heavy atom. The zero-order chi connectivity index (χ0) is 30.1. The van der Waals surface area contributed by atoms with E-state index in [1.807, 2.05) is 77.6 Å². The van der Waals surface area contributed by atoms with Crippen molar-refractivity contribution >= 4 is 39.1 Å². The lowest BCUT2D eigenvalue weighted by Crippen LogP contribution is -2.39. The summed E-state index contributed by atoms with van der Waals surface area (Å²) in [6.07, 6.45) is 6.12. The Hall–Kier alpha value is -3.54. The summed E-state index contributed by atoms with van der Waals surface area (Å²) in [5, 5.41) is 20.3. The first-order valence-electron chi connectivity index (χ1n) is 13.0. The van der Waals surface area contributed by atoms with E-state index in [0.29, 0.717) is 17.4 Å². The summed E-state index contributed by atoms with van der Waals surface area (Å²) in [4.78, 5) is 20.5. The topological polar surface area (TPSA) is 147 Å². The fourth-order valence-corrected chi connectivity index (χ4v) is 4.93. The number of carboxylic acids is 2. The van der Waals surface area contributed by atoms with Crippen molar-refractivity contribution in [3.05, 3.63) is 66.4 Å². The molecular weight excluding hydrogens is 534 g/mol. The van der Waals surface area contributed by atoms with E-state index in [1.54, 1.807) is 6.07 Å². The zero-order valence-corrected chi connectivity index (χ0v) is 24.6. The maximum absolute atomic E-state index is 11.6.